The number of nitrogens with zero attached hydrogens (tertiary/aromatic N) is 1. The summed E-state index contributed by atoms with van der Waals surface area (Å²) in [5.74, 6) is -0.278. The maximum absolute atomic E-state index is 12.9. The van der Waals surface area contributed by atoms with Crippen LogP contribution in [0.15, 0.2) is 34.7 Å². The number of furan rings is 1. The summed E-state index contributed by atoms with van der Waals surface area (Å²) in [6.45, 7) is 3.20. The van der Waals surface area contributed by atoms with E-state index in [-0.39, 0.29) is 12.2 Å². The van der Waals surface area contributed by atoms with Crippen molar-refractivity contribution in [3.8, 4) is 0 Å². The number of amides is 1. The highest BCUT2D eigenvalue weighted by molar-refractivity contribution is 5.92. The van der Waals surface area contributed by atoms with Crippen LogP contribution in [0.25, 0.3) is 0 Å². The van der Waals surface area contributed by atoms with E-state index < -0.39 is 17.5 Å². The van der Waals surface area contributed by atoms with E-state index in [0.29, 0.717) is 11.5 Å². The minimum absolute atomic E-state index is 0.0450. The third-order valence-corrected chi connectivity index (χ3v) is 2.81. The lowest BCUT2D eigenvalue weighted by molar-refractivity contribution is 0.0322. The Balaban J connectivity index is 2.03. The monoisotopic (exact) mass is 278 g/mol. The maximum Gasteiger partial charge on any atom is 0.270 e. The van der Waals surface area contributed by atoms with Gasteiger partial charge in [0.25, 0.3) is 5.91 Å². The molecule has 0 spiro atoms. The van der Waals surface area contributed by atoms with Crippen molar-refractivity contribution in [1.82, 2.24) is 10.3 Å². The number of aryl methyl sites for hydroxylation is 1. The summed E-state index contributed by atoms with van der Waals surface area (Å²) in [5, 5.41) is 12.7. The first kappa shape index (κ1) is 14.2. The van der Waals surface area contributed by atoms with E-state index in [9.17, 15) is 14.3 Å². The molecule has 0 saturated carbocycles. The zero-order valence-electron chi connectivity index (χ0n) is 11.2. The van der Waals surface area contributed by atoms with Crippen LogP contribution in [0.1, 0.15) is 28.9 Å². The van der Waals surface area contributed by atoms with Crippen molar-refractivity contribution in [1.29, 1.82) is 0 Å². The van der Waals surface area contributed by atoms with Gasteiger partial charge in [-0.15, -0.1) is 0 Å². The summed E-state index contributed by atoms with van der Waals surface area (Å²) in [7, 11) is 0. The second-order valence-electron chi connectivity index (χ2n) is 4.71. The fourth-order valence-corrected chi connectivity index (χ4v) is 1.69. The van der Waals surface area contributed by atoms with Gasteiger partial charge in [0.15, 0.2) is 0 Å². The number of nitrogens with one attached hydrogen (secondary N) is 1. The summed E-state index contributed by atoms with van der Waals surface area (Å²) < 4.78 is 18.2. The number of carbonyl (C=O) groups is 1. The highest BCUT2D eigenvalue weighted by Crippen LogP contribution is 2.21. The molecule has 0 aliphatic carbocycles. The number of hydrogen-bond donors (Lipinski definition) is 2. The number of hydrogen-bond acceptors (Lipinski definition) is 4. The predicted octanol–water partition coefficient (Wildman–Crippen LogP) is 1.76. The third-order valence-electron chi connectivity index (χ3n) is 2.81. The highest BCUT2D eigenvalue weighted by atomic mass is 19.1. The van der Waals surface area contributed by atoms with Crippen molar-refractivity contribution in [2.75, 3.05) is 6.54 Å². The Bertz CT molecular complexity index is 622. The van der Waals surface area contributed by atoms with Gasteiger partial charge in [0.05, 0.1) is 6.54 Å². The van der Waals surface area contributed by atoms with Gasteiger partial charge in [-0.1, -0.05) is 6.07 Å². The Kier molecular flexibility index (Phi) is 3.85. The van der Waals surface area contributed by atoms with Crippen molar-refractivity contribution < 1.29 is 18.7 Å². The first-order valence-corrected chi connectivity index (χ1v) is 6.08. The van der Waals surface area contributed by atoms with E-state index >= 15 is 0 Å². The second-order valence-corrected chi connectivity index (χ2v) is 4.71. The molecular formula is C14H15FN2O3. The predicted molar refractivity (Wildman–Crippen MR) is 69.5 cm³/mol. The van der Waals surface area contributed by atoms with Crippen LogP contribution in [-0.4, -0.2) is 22.5 Å². The molecule has 0 aliphatic rings. The van der Waals surface area contributed by atoms with Gasteiger partial charge in [0.1, 0.15) is 22.8 Å². The van der Waals surface area contributed by atoms with Gasteiger partial charge >= 0.3 is 0 Å². The lowest BCUT2D eigenvalue weighted by atomic mass is 10.0. The van der Waals surface area contributed by atoms with Gasteiger partial charge in [-0.05, 0) is 38.1 Å². The van der Waals surface area contributed by atoms with Crippen LogP contribution in [0, 0.1) is 12.9 Å². The van der Waals surface area contributed by atoms with Crippen molar-refractivity contribution in [3.63, 3.8) is 0 Å². The molecule has 1 unspecified atom stereocenters. The first-order chi connectivity index (χ1) is 9.38. The number of aliphatic hydroxyl groups is 1. The molecule has 1 amide bonds. The number of aromatic nitrogens is 1. The normalized spacial score (nSPS) is 13.8. The molecule has 2 rings (SSSR count). The molecule has 0 bridgehead atoms. The van der Waals surface area contributed by atoms with E-state index in [1.54, 1.807) is 19.1 Å². The molecule has 0 aromatic carbocycles. The molecular weight excluding hydrogens is 263 g/mol. The molecule has 0 saturated heterocycles. The third kappa shape index (κ3) is 3.21. The molecule has 20 heavy (non-hydrogen) atoms. The molecule has 2 aromatic heterocycles. The Morgan fingerprint density at radius 1 is 1.45 bits per heavy atom. The number of halogens is 1. The summed E-state index contributed by atoms with van der Waals surface area (Å²) in [6, 6.07) is 7.30. The molecule has 5 nitrogen and oxygen atoms in total. The summed E-state index contributed by atoms with van der Waals surface area (Å²) in [6.07, 6.45) is 0. The van der Waals surface area contributed by atoms with Crippen LogP contribution >= 0.6 is 0 Å². The molecule has 0 radical (unpaired) electrons. The van der Waals surface area contributed by atoms with Gasteiger partial charge < -0.3 is 14.8 Å². The quantitative estimate of drug-likeness (QED) is 0.836. The van der Waals surface area contributed by atoms with E-state index in [4.69, 9.17) is 4.42 Å². The van der Waals surface area contributed by atoms with Gasteiger partial charge in [-0.2, -0.15) is 4.39 Å². The zero-order valence-corrected chi connectivity index (χ0v) is 11.2. The Morgan fingerprint density at radius 2 is 2.20 bits per heavy atom. The minimum atomic E-state index is -1.35. The average molecular weight is 278 g/mol. The van der Waals surface area contributed by atoms with Gasteiger partial charge in [-0.25, -0.2) is 4.98 Å². The SMILES string of the molecule is Cc1ccc(C(C)(O)CNC(=O)c2cccc(F)n2)o1. The minimum Gasteiger partial charge on any atom is -0.463 e. The number of pyridine rings is 1. The van der Waals surface area contributed by atoms with E-state index in [0.717, 1.165) is 6.07 Å². The fourth-order valence-electron chi connectivity index (χ4n) is 1.69. The first-order valence-electron chi connectivity index (χ1n) is 6.08. The van der Waals surface area contributed by atoms with E-state index in [2.05, 4.69) is 10.3 Å². The molecule has 2 aromatic rings. The van der Waals surface area contributed by atoms with Crippen molar-refractivity contribution >= 4 is 5.91 Å². The van der Waals surface area contributed by atoms with Crippen molar-refractivity contribution in [2.24, 2.45) is 0 Å². The van der Waals surface area contributed by atoms with Crippen molar-refractivity contribution in [2.45, 2.75) is 19.4 Å². The molecule has 1 atom stereocenters. The molecule has 2 heterocycles. The van der Waals surface area contributed by atoms with Gasteiger partial charge in [0.2, 0.25) is 5.95 Å². The maximum atomic E-state index is 12.9. The molecule has 0 aliphatic heterocycles. The van der Waals surface area contributed by atoms with Crippen LogP contribution in [0.3, 0.4) is 0 Å². The van der Waals surface area contributed by atoms with Crippen molar-refractivity contribution in [3.05, 3.63) is 53.5 Å². The Hall–Kier alpha value is -2.21. The lowest BCUT2D eigenvalue weighted by Gasteiger charge is -2.21. The summed E-state index contributed by atoms with van der Waals surface area (Å²) >= 11 is 0. The smallest absolute Gasteiger partial charge is 0.270 e. The summed E-state index contributed by atoms with van der Waals surface area (Å²) in [5.41, 5.74) is -1.39. The topological polar surface area (TPSA) is 75.4 Å². The Morgan fingerprint density at radius 3 is 2.80 bits per heavy atom. The van der Waals surface area contributed by atoms with Gasteiger partial charge in [0, 0.05) is 0 Å². The van der Waals surface area contributed by atoms with Crippen LogP contribution < -0.4 is 5.32 Å². The van der Waals surface area contributed by atoms with Crippen LogP contribution in [0.5, 0.6) is 0 Å². The van der Waals surface area contributed by atoms with Crippen LogP contribution in [-0.2, 0) is 5.60 Å². The van der Waals surface area contributed by atoms with E-state index in [1.807, 2.05) is 0 Å². The van der Waals surface area contributed by atoms with Crippen LogP contribution in [0.2, 0.25) is 0 Å². The zero-order chi connectivity index (χ0) is 14.8. The van der Waals surface area contributed by atoms with Gasteiger partial charge in [-0.3, -0.25) is 4.79 Å². The molecule has 106 valence electrons. The molecule has 6 heteroatoms. The highest BCUT2D eigenvalue weighted by Gasteiger charge is 2.27. The lowest BCUT2D eigenvalue weighted by Crippen LogP contribution is -2.38. The number of rotatable bonds is 4. The standard InChI is InChI=1S/C14H15FN2O3/c1-9-6-7-11(20-9)14(2,19)8-16-13(18)10-4-3-5-12(15)17-10/h3-7,19H,8H2,1-2H3,(H,16,18). The summed E-state index contributed by atoms with van der Waals surface area (Å²) in [4.78, 5) is 15.3. The average Bonchev–Trinajstić information content (AvgIpc) is 2.83. The number of carbonyl (C=O) groups excluding carboxylic acids is 1. The Labute approximate surface area is 115 Å². The second kappa shape index (κ2) is 5.42. The fraction of sp³-hybridized carbons (Fsp3) is 0.286. The molecule has 0 fully saturated rings. The molecule has 2 N–H and O–H groups in total. The van der Waals surface area contributed by atoms with E-state index in [1.165, 1.54) is 19.1 Å². The van der Waals surface area contributed by atoms with Crippen LogP contribution in [0.4, 0.5) is 4.39 Å². The largest absolute Gasteiger partial charge is 0.463 e.